The second-order valence-corrected chi connectivity index (χ2v) is 4.13. The van der Waals surface area contributed by atoms with Crippen LogP contribution in [0.3, 0.4) is 0 Å². The van der Waals surface area contributed by atoms with Crippen molar-refractivity contribution in [1.29, 1.82) is 0 Å². The molecule has 0 unspecified atom stereocenters. The molecule has 0 bridgehead atoms. The van der Waals surface area contributed by atoms with Crippen LogP contribution in [-0.4, -0.2) is 27.9 Å². The lowest BCUT2D eigenvalue weighted by atomic mass is 10.2. The molecule has 2 aromatic heterocycles. The second kappa shape index (κ2) is 5.09. The molecule has 0 fully saturated rings. The molecule has 100 valence electrons. The van der Waals surface area contributed by atoms with E-state index < -0.39 is 5.97 Å². The number of rotatable bonds is 3. The van der Waals surface area contributed by atoms with Crippen LogP contribution in [0.2, 0.25) is 0 Å². The summed E-state index contributed by atoms with van der Waals surface area (Å²) >= 11 is 0. The summed E-state index contributed by atoms with van der Waals surface area (Å²) in [5.74, 6) is -0.658. The first kappa shape index (κ1) is 13.1. The molecule has 2 aromatic rings. The van der Waals surface area contributed by atoms with Crippen molar-refractivity contribution in [2.45, 2.75) is 20.8 Å². The fraction of sp³-hybridized carbons (Fsp3) is 0.308. The van der Waals surface area contributed by atoms with E-state index in [9.17, 15) is 9.59 Å². The number of nitrogens with one attached hydrogen (secondary N) is 1. The number of ether oxygens (including phenoxy) is 1. The van der Waals surface area contributed by atoms with Gasteiger partial charge in [-0.2, -0.15) is 0 Å². The van der Waals surface area contributed by atoms with Gasteiger partial charge in [-0.05, 0) is 25.5 Å². The van der Waals surface area contributed by atoms with E-state index in [4.69, 9.17) is 4.74 Å². The van der Waals surface area contributed by atoms with E-state index in [-0.39, 0.29) is 11.6 Å². The highest BCUT2D eigenvalue weighted by Gasteiger charge is 2.15. The first-order valence-corrected chi connectivity index (χ1v) is 5.96. The van der Waals surface area contributed by atoms with Crippen LogP contribution in [0.4, 0.5) is 5.69 Å². The molecule has 0 aliphatic carbocycles. The Labute approximate surface area is 110 Å². The summed E-state index contributed by atoms with van der Waals surface area (Å²) in [6.07, 6.45) is 3.36. The number of aromatic nitrogens is 2. The lowest BCUT2D eigenvalue weighted by Gasteiger charge is -2.07. The van der Waals surface area contributed by atoms with Crippen LogP contribution in [0, 0.1) is 6.92 Å². The fourth-order valence-electron chi connectivity index (χ4n) is 1.78. The van der Waals surface area contributed by atoms with E-state index in [0.29, 0.717) is 17.9 Å². The van der Waals surface area contributed by atoms with Gasteiger partial charge in [0.1, 0.15) is 0 Å². The summed E-state index contributed by atoms with van der Waals surface area (Å²) in [6, 6.07) is 1.84. The third-order valence-corrected chi connectivity index (χ3v) is 2.62. The maximum Gasteiger partial charge on any atom is 0.358 e. The van der Waals surface area contributed by atoms with Crippen LogP contribution in [0.25, 0.3) is 5.65 Å². The zero-order valence-corrected chi connectivity index (χ0v) is 11.1. The van der Waals surface area contributed by atoms with Gasteiger partial charge in [0.05, 0.1) is 12.3 Å². The van der Waals surface area contributed by atoms with Crippen molar-refractivity contribution in [3.05, 3.63) is 29.7 Å². The summed E-state index contributed by atoms with van der Waals surface area (Å²) in [5.41, 5.74) is 2.23. The summed E-state index contributed by atoms with van der Waals surface area (Å²) in [4.78, 5) is 27.1. The summed E-state index contributed by atoms with van der Waals surface area (Å²) < 4.78 is 6.59. The van der Waals surface area contributed by atoms with Gasteiger partial charge in [-0.1, -0.05) is 0 Å². The zero-order chi connectivity index (χ0) is 14.0. The largest absolute Gasteiger partial charge is 0.461 e. The quantitative estimate of drug-likeness (QED) is 0.855. The van der Waals surface area contributed by atoms with Gasteiger partial charge in [-0.25, -0.2) is 9.78 Å². The predicted octanol–water partition coefficient (Wildman–Crippen LogP) is 1.78. The maximum absolute atomic E-state index is 11.6. The number of pyridine rings is 1. The van der Waals surface area contributed by atoms with Gasteiger partial charge in [0.15, 0.2) is 11.3 Å². The molecule has 0 aromatic carbocycles. The molecule has 0 saturated heterocycles. The molecular weight excluding hydrogens is 246 g/mol. The number of carbonyl (C=O) groups is 2. The molecule has 1 N–H and O–H groups in total. The molecule has 6 nitrogen and oxygen atoms in total. The highest BCUT2D eigenvalue weighted by Crippen LogP contribution is 2.21. The molecule has 0 radical (unpaired) electrons. The van der Waals surface area contributed by atoms with Crippen molar-refractivity contribution in [2.24, 2.45) is 0 Å². The third kappa shape index (κ3) is 2.57. The zero-order valence-electron chi connectivity index (χ0n) is 11.1. The van der Waals surface area contributed by atoms with Crippen LogP contribution in [0.5, 0.6) is 0 Å². The van der Waals surface area contributed by atoms with Gasteiger partial charge in [-0.3, -0.25) is 4.79 Å². The number of carbonyl (C=O) groups excluding carboxylic acids is 2. The number of hydrogen-bond acceptors (Lipinski definition) is 4. The Morgan fingerprint density at radius 1 is 1.47 bits per heavy atom. The van der Waals surface area contributed by atoms with E-state index in [0.717, 1.165) is 5.56 Å². The molecule has 2 heterocycles. The van der Waals surface area contributed by atoms with Gasteiger partial charge in [-0.15, -0.1) is 0 Å². The average Bonchev–Trinajstić information content (AvgIpc) is 2.77. The van der Waals surface area contributed by atoms with Crippen molar-refractivity contribution in [3.63, 3.8) is 0 Å². The molecule has 0 saturated carbocycles. The molecule has 0 aliphatic heterocycles. The van der Waals surface area contributed by atoms with Crippen LogP contribution < -0.4 is 5.32 Å². The van der Waals surface area contributed by atoms with E-state index in [1.807, 2.05) is 13.0 Å². The standard InChI is InChI=1S/C13H15N3O3/c1-4-19-13(18)10-7-16-6-5-8(2)11(12(16)15-10)14-9(3)17/h5-7H,4H2,1-3H3,(H,14,17). The number of nitrogens with zero attached hydrogens (tertiary/aromatic N) is 2. The predicted molar refractivity (Wildman–Crippen MR) is 70.2 cm³/mol. The fourth-order valence-corrected chi connectivity index (χ4v) is 1.78. The lowest BCUT2D eigenvalue weighted by Crippen LogP contribution is -2.09. The first-order chi connectivity index (χ1) is 9.02. The molecule has 0 spiro atoms. The molecule has 0 aliphatic rings. The number of fused-ring (bicyclic) bond motifs is 1. The van der Waals surface area contributed by atoms with E-state index in [1.54, 1.807) is 23.7 Å². The maximum atomic E-state index is 11.6. The van der Waals surface area contributed by atoms with Gasteiger partial charge in [0.2, 0.25) is 5.91 Å². The second-order valence-electron chi connectivity index (χ2n) is 4.13. The Hall–Kier alpha value is -2.37. The Balaban J connectivity index is 2.52. The minimum Gasteiger partial charge on any atom is -0.461 e. The summed E-state index contributed by atoms with van der Waals surface area (Å²) in [6.45, 7) is 5.33. The Bertz CT molecular complexity index is 646. The minimum absolute atomic E-state index is 0.183. The summed E-state index contributed by atoms with van der Waals surface area (Å²) in [5, 5.41) is 2.73. The van der Waals surface area contributed by atoms with Crippen molar-refractivity contribution in [3.8, 4) is 0 Å². The third-order valence-electron chi connectivity index (χ3n) is 2.62. The lowest BCUT2D eigenvalue weighted by molar-refractivity contribution is -0.114. The Kier molecular flexibility index (Phi) is 3.50. The Morgan fingerprint density at radius 2 is 2.21 bits per heavy atom. The molecule has 19 heavy (non-hydrogen) atoms. The number of aryl methyl sites for hydroxylation is 1. The van der Waals surface area contributed by atoms with Crippen molar-refractivity contribution in [2.75, 3.05) is 11.9 Å². The van der Waals surface area contributed by atoms with Gasteiger partial charge >= 0.3 is 5.97 Å². The van der Waals surface area contributed by atoms with Crippen LogP contribution in [0.15, 0.2) is 18.5 Å². The number of hydrogen-bond donors (Lipinski definition) is 1. The highest BCUT2D eigenvalue weighted by atomic mass is 16.5. The monoisotopic (exact) mass is 261 g/mol. The molecular formula is C13H15N3O3. The van der Waals surface area contributed by atoms with Gasteiger partial charge < -0.3 is 14.5 Å². The highest BCUT2D eigenvalue weighted by molar-refractivity contribution is 5.95. The first-order valence-electron chi connectivity index (χ1n) is 5.96. The van der Waals surface area contributed by atoms with Gasteiger partial charge in [0.25, 0.3) is 0 Å². The van der Waals surface area contributed by atoms with E-state index >= 15 is 0 Å². The van der Waals surface area contributed by atoms with Gasteiger partial charge in [0, 0.05) is 19.3 Å². The van der Waals surface area contributed by atoms with Crippen LogP contribution >= 0.6 is 0 Å². The van der Waals surface area contributed by atoms with Crippen molar-refractivity contribution >= 4 is 23.2 Å². The van der Waals surface area contributed by atoms with E-state index in [1.165, 1.54) is 6.92 Å². The number of esters is 1. The molecule has 1 amide bonds. The topological polar surface area (TPSA) is 72.7 Å². The van der Waals surface area contributed by atoms with Crippen molar-refractivity contribution < 1.29 is 14.3 Å². The minimum atomic E-state index is -0.474. The van der Waals surface area contributed by atoms with Crippen molar-refractivity contribution in [1.82, 2.24) is 9.38 Å². The Morgan fingerprint density at radius 3 is 2.84 bits per heavy atom. The SMILES string of the molecule is CCOC(=O)c1cn2ccc(C)c(NC(C)=O)c2n1. The number of amides is 1. The number of anilines is 1. The smallest absolute Gasteiger partial charge is 0.358 e. The van der Waals surface area contributed by atoms with Crippen LogP contribution in [-0.2, 0) is 9.53 Å². The van der Waals surface area contributed by atoms with E-state index in [2.05, 4.69) is 10.3 Å². The summed E-state index contributed by atoms with van der Waals surface area (Å²) in [7, 11) is 0. The van der Waals surface area contributed by atoms with Crippen LogP contribution in [0.1, 0.15) is 29.9 Å². The normalized spacial score (nSPS) is 10.5. The molecule has 0 atom stereocenters. The molecule has 2 rings (SSSR count). The molecule has 6 heteroatoms. The average molecular weight is 261 g/mol. The number of imidazole rings is 1.